The Morgan fingerprint density at radius 1 is 1.15 bits per heavy atom. The number of rotatable bonds is 7. The molecule has 3 aromatic carbocycles. The van der Waals surface area contributed by atoms with Gasteiger partial charge in [-0.05, 0) is 98.8 Å². The molecule has 0 spiro atoms. The molecular formula is C24H16I2N4O3. The van der Waals surface area contributed by atoms with Crippen LogP contribution in [0.1, 0.15) is 11.1 Å². The van der Waals surface area contributed by atoms with Gasteiger partial charge in [-0.15, -0.1) is 0 Å². The number of ether oxygens (including phenoxy) is 1. The zero-order chi connectivity index (χ0) is 23.4. The number of non-ortho nitro benzene ring substituents is 1. The Balaban J connectivity index is 1.51. The van der Waals surface area contributed by atoms with Crippen LogP contribution in [0.2, 0.25) is 0 Å². The van der Waals surface area contributed by atoms with Crippen LogP contribution in [0.5, 0.6) is 5.75 Å². The number of nitro benzene ring substituents is 1. The molecule has 4 rings (SSSR count). The summed E-state index contributed by atoms with van der Waals surface area (Å²) in [7, 11) is 0. The number of hydrogen-bond acceptors (Lipinski definition) is 5. The van der Waals surface area contributed by atoms with Crippen LogP contribution < -0.4 is 4.74 Å². The summed E-state index contributed by atoms with van der Waals surface area (Å²) in [6.07, 6.45) is 3.62. The number of fused-ring (bicyclic) bond motifs is 1. The van der Waals surface area contributed by atoms with Crippen molar-refractivity contribution in [1.29, 1.82) is 5.26 Å². The van der Waals surface area contributed by atoms with E-state index in [2.05, 4.69) is 56.2 Å². The zero-order valence-corrected chi connectivity index (χ0v) is 21.4. The van der Waals surface area contributed by atoms with Crippen molar-refractivity contribution >= 4 is 68.0 Å². The number of para-hydroxylation sites is 2. The molecule has 0 bridgehead atoms. The van der Waals surface area contributed by atoms with E-state index in [1.165, 1.54) is 12.1 Å². The van der Waals surface area contributed by atoms with Gasteiger partial charge in [-0.3, -0.25) is 10.1 Å². The van der Waals surface area contributed by atoms with Crippen molar-refractivity contribution in [3.63, 3.8) is 0 Å². The number of allylic oxidation sites excluding steroid dienone is 1. The number of halogens is 2. The number of benzene rings is 3. The van der Waals surface area contributed by atoms with Gasteiger partial charge in [0, 0.05) is 17.7 Å². The Kier molecular flexibility index (Phi) is 7.24. The van der Waals surface area contributed by atoms with Gasteiger partial charge >= 0.3 is 0 Å². The largest absolute Gasteiger partial charge is 0.487 e. The minimum Gasteiger partial charge on any atom is -0.487 e. The summed E-state index contributed by atoms with van der Waals surface area (Å²) in [5.74, 6) is 0.741. The Hall–Kier alpha value is -2.98. The highest BCUT2D eigenvalue weighted by Crippen LogP contribution is 2.31. The average Bonchev–Trinajstić information content (AvgIpc) is 3.21. The number of hydrogen-bond donors (Lipinski definition) is 0. The van der Waals surface area contributed by atoms with Crippen LogP contribution in [0.3, 0.4) is 0 Å². The van der Waals surface area contributed by atoms with Gasteiger partial charge in [0.1, 0.15) is 12.4 Å². The van der Waals surface area contributed by atoms with E-state index in [0.29, 0.717) is 18.7 Å². The van der Waals surface area contributed by atoms with Crippen molar-refractivity contribution in [3.8, 4) is 11.8 Å². The molecule has 0 amide bonds. The number of nitrogens with zero attached hydrogens (tertiary/aromatic N) is 4. The Morgan fingerprint density at radius 3 is 2.52 bits per heavy atom. The summed E-state index contributed by atoms with van der Waals surface area (Å²) in [6, 6.07) is 20.4. The molecular weight excluding hydrogens is 646 g/mol. The first kappa shape index (κ1) is 23.2. The maximum absolute atomic E-state index is 10.8. The topological polar surface area (TPSA) is 94.0 Å². The molecule has 7 nitrogen and oxygen atoms in total. The highest BCUT2D eigenvalue weighted by atomic mass is 127. The molecule has 4 aromatic rings. The summed E-state index contributed by atoms with van der Waals surface area (Å²) in [5, 5.41) is 20.5. The third-order valence-electron chi connectivity index (χ3n) is 4.90. The fraction of sp³-hybridized carbons (Fsp3) is 0.0833. The van der Waals surface area contributed by atoms with Crippen molar-refractivity contribution in [2.75, 3.05) is 0 Å². The van der Waals surface area contributed by atoms with Crippen molar-refractivity contribution in [1.82, 2.24) is 9.55 Å². The second kappa shape index (κ2) is 10.3. The lowest BCUT2D eigenvalue weighted by Gasteiger charge is -2.12. The fourth-order valence-electron chi connectivity index (χ4n) is 3.30. The molecule has 0 aliphatic heterocycles. The average molecular weight is 662 g/mol. The molecule has 1 aromatic heterocycles. The molecule has 0 saturated carbocycles. The van der Waals surface area contributed by atoms with Gasteiger partial charge in [-0.25, -0.2) is 4.98 Å². The first-order valence-electron chi connectivity index (χ1n) is 9.80. The van der Waals surface area contributed by atoms with E-state index >= 15 is 0 Å². The maximum atomic E-state index is 10.8. The van der Waals surface area contributed by atoms with E-state index in [1.54, 1.807) is 18.5 Å². The lowest BCUT2D eigenvalue weighted by molar-refractivity contribution is -0.384. The van der Waals surface area contributed by atoms with Gasteiger partial charge in [0.15, 0.2) is 0 Å². The van der Waals surface area contributed by atoms with Gasteiger partial charge in [-0.2, -0.15) is 5.26 Å². The van der Waals surface area contributed by atoms with Crippen molar-refractivity contribution < 1.29 is 9.66 Å². The monoisotopic (exact) mass is 662 g/mol. The van der Waals surface area contributed by atoms with Gasteiger partial charge < -0.3 is 9.30 Å². The van der Waals surface area contributed by atoms with E-state index in [1.807, 2.05) is 47.0 Å². The SMILES string of the molecule is N#C/C(=C/c1cc(I)c(OCc2ccc([N+](=O)[O-])cc2)c(I)c1)Cn1cnc2ccccc21. The molecule has 0 N–H and O–H groups in total. The van der Waals surface area contributed by atoms with Crippen LogP contribution in [0.4, 0.5) is 5.69 Å². The van der Waals surface area contributed by atoms with Gasteiger partial charge in [0.05, 0.1) is 42.0 Å². The Morgan fingerprint density at radius 2 is 1.85 bits per heavy atom. The quantitative estimate of drug-likeness (QED) is 0.0998. The first-order valence-corrected chi connectivity index (χ1v) is 12.0. The predicted molar refractivity (Wildman–Crippen MR) is 143 cm³/mol. The fourth-order valence-corrected chi connectivity index (χ4v) is 5.43. The Labute approximate surface area is 217 Å². The minimum atomic E-state index is -0.423. The van der Waals surface area contributed by atoms with E-state index in [0.717, 1.165) is 35.1 Å². The molecule has 0 saturated heterocycles. The highest BCUT2D eigenvalue weighted by molar-refractivity contribution is 14.1. The van der Waals surface area contributed by atoms with Crippen LogP contribution in [0.25, 0.3) is 17.1 Å². The molecule has 0 radical (unpaired) electrons. The van der Waals surface area contributed by atoms with E-state index in [9.17, 15) is 15.4 Å². The lowest BCUT2D eigenvalue weighted by atomic mass is 10.1. The first-order chi connectivity index (χ1) is 15.9. The molecule has 164 valence electrons. The molecule has 0 aliphatic carbocycles. The smallest absolute Gasteiger partial charge is 0.269 e. The van der Waals surface area contributed by atoms with E-state index in [4.69, 9.17) is 4.74 Å². The Bertz CT molecular complexity index is 1380. The molecule has 1 heterocycles. The molecule has 0 atom stereocenters. The number of nitriles is 1. The molecule has 0 fully saturated rings. The van der Waals surface area contributed by atoms with Gasteiger partial charge in [0.2, 0.25) is 0 Å². The third-order valence-corrected chi connectivity index (χ3v) is 6.51. The normalized spacial score (nSPS) is 11.4. The second-order valence-electron chi connectivity index (χ2n) is 7.17. The van der Waals surface area contributed by atoms with E-state index < -0.39 is 4.92 Å². The van der Waals surface area contributed by atoms with Crippen molar-refractivity contribution in [2.45, 2.75) is 13.2 Å². The predicted octanol–water partition coefficient (Wildman–Crippen LogP) is 6.34. The van der Waals surface area contributed by atoms with Gasteiger partial charge in [0.25, 0.3) is 5.69 Å². The summed E-state index contributed by atoms with van der Waals surface area (Å²) in [5.41, 5.74) is 4.30. The van der Waals surface area contributed by atoms with Crippen LogP contribution in [-0.2, 0) is 13.2 Å². The highest BCUT2D eigenvalue weighted by Gasteiger charge is 2.11. The maximum Gasteiger partial charge on any atom is 0.269 e. The zero-order valence-electron chi connectivity index (χ0n) is 17.1. The molecule has 0 unspecified atom stereocenters. The van der Waals surface area contributed by atoms with Crippen LogP contribution >= 0.6 is 45.2 Å². The lowest BCUT2D eigenvalue weighted by Crippen LogP contribution is -2.01. The van der Waals surface area contributed by atoms with Crippen LogP contribution in [-0.4, -0.2) is 14.5 Å². The van der Waals surface area contributed by atoms with Crippen LogP contribution in [0.15, 0.2) is 72.6 Å². The second-order valence-corrected chi connectivity index (χ2v) is 9.49. The molecule has 9 heteroatoms. The number of imidazole rings is 1. The van der Waals surface area contributed by atoms with E-state index in [-0.39, 0.29) is 5.69 Å². The van der Waals surface area contributed by atoms with Gasteiger partial charge in [-0.1, -0.05) is 12.1 Å². The number of nitro groups is 1. The summed E-state index contributed by atoms with van der Waals surface area (Å²) in [4.78, 5) is 14.8. The summed E-state index contributed by atoms with van der Waals surface area (Å²) >= 11 is 4.43. The standard InChI is InChI=1S/C24H16I2N4O3/c25-20-10-17(9-18(12-27)13-29-15-28-22-3-1-2-4-23(22)29)11-21(26)24(20)33-14-16-5-7-19(8-6-16)30(31)32/h1-11,15H,13-14H2/b18-9-. The molecule has 0 aliphatic rings. The summed E-state index contributed by atoms with van der Waals surface area (Å²) in [6.45, 7) is 0.735. The van der Waals surface area contributed by atoms with Crippen molar-refractivity contribution in [2.24, 2.45) is 0 Å². The summed E-state index contributed by atoms with van der Waals surface area (Å²) < 4.78 is 9.78. The third kappa shape index (κ3) is 5.51. The molecule has 33 heavy (non-hydrogen) atoms. The van der Waals surface area contributed by atoms with Crippen molar-refractivity contribution in [3.05, 3.63) is 101 Å². The van der Waals surface area contributed by atoms with Crippen LogP contribution in [0, 0.1) is 28.6 Å². The number of aromatic nitrogens is 2. The minimum absolute atomic E-state index is 0.0519.